The zero-order valence-corrected chi connectivity index (χ0v) is 26.9. The van der Waals surface area contributed by atoms with Gasteiger partial charge in [-0.3, -0.25) is 9.59 Å². The maximum Gasteiger partial charge on any atom is 0.356 e. The molecule has 0 unspecified atom stereocenters. The number of aldehydes is 1. The molecule has 1 aliphatic carbocycles. The Balaban J connectivity index is 1.63. The van der Waals surface area contributed by atoms with Crippen molar-refractivity contribution in [3.63, 3.8) is 0 Å². The first-order valence-electron chi connectivity index (χ1n) is 15.7. The lowest BCUT2D eigenvalue weighted by atomic mass is 9.77. The van der Waals surface area contributed by atoms with Crippen molar-refractivity contribution in [2.75, 3.05) is 13.7 Å². The Labute approximate surface area is 265 Å². The van der Waals surface area contributed by atoms with Crippen LogP contribution in [0.3, 0.4) is 0 Å². The molecule has 2 aliphatic heterocycles. The van der Waals surface area contributed by atoms with Gasteiger partial charge in [0, 0.05) is 24.3 Å². The van der Waals surface area contributed by atoms with E-state index in [0.717, 1.165) is 0 Å². The summed E-state index contributed by atoms with van der Waals surface area (Å²) in [6.45, 7) is 8.62. The summed E-state index contributed by atoms with van der Waals surface area (Å²) in [5.41, 5.74) is -2.96. The number of ether oxygens (including phenoxy) is 3. The number of benzene rings is 1. The minimum atomic E-state index is -4.79. The molecule has 1 aromatic carbocycles. The molecule has 2 fully saturated rings. The number of hydrogen-bond donors (Lipinski definition) is 0. The smallest absolute Gasteiger partial charge is 0.356 e. The highest BCUT2D eigenvalue weighted by Crippen LogP contribution is 2.53. The maximum atomic E-state index is 16.0. The first-order chi connectivity index (χ1) is 21.5. The van der Waals surface area contributed by atoms with Crippen LogP contribution in [0.5, 0.6) is 11.6 Å². The van der Waals surface area contributed by atoms with Crippen molar-refractivity contribution in [1.29, 1.82) is 0 Å². The van der Waals surface area contributed by atoms with Gasteiger partial charge in [-0.15, -0.1) is 0 Å². The third-order valence-corrected chi connectivity index (χ3v) is 9.87. The van der Waals surface area contributed by atoms with Gasteiger partial charge in [0.15, 0.2) is 5.69 Å². The van der Waals surface area contributed by atoms with E-state index in [1.54, 1.807) is 34.6 Å². The summed E-state index contributed by atoms with van der Waals surface area (Å²) in [4.78, 5) is 49.2. The molecule has 1 saturated carbocycles. The molecule has 3 heterocycles. The van der Waals surface area contributed by atoms with Gasteiger partial charge in [-0.25, -0.2) is 9.97 Å². The minimum Gasteiger partial charge on any atom is -0.497 e. The second-order valence-electron chi connectivity index (χ2n) is 14.1. The minimum absolute atomic E-state index is 0.0645. The highest BCUT2D eigenvalue weighted by Gasteiger charge is 2.61. The van der Waals surface area contributed by atoms with E-state index in [1.807, 2.05) is 0 Å². The Bertz CT molecular complexity index is 1510. The highest BCUT2D eigenvalue weighted by atomic mass is 19.3. The lowest BCUT2D eigenvalue weighted by Gasteiger charge is -2.34. The van der Waals surface area contributed by atoms with Gasteiger partial charge < -0.3 is 23.9 Å². The van der Waals surface area contributed by atoms with Crippen LogP contribution < -0.4 is 9.47 Å². The number of carbonyl (C=O) groups excluding carboxylic acids is 3. The van der Waals surface area contributed by atoms with Gasteiger partial charge >= 0.3 is 17.8 Å². The monoisotopic (exact) mass is 651 g/mol. The number of carbonyl (C=O) groups is 3. The van der Waals surface area contributed by atoms with E-state index < -0.39 is 76.7 Å². The van der Waals surface area contributed by atoms with E-state index >= 15 is 17.6 Å². The number of alkyl halides is 4. The largest absolute Gasteiger partial charge is 0.497 e. The fourth-order valence-corrected chi connectivity index (χ4v) is 6.81. The summed E-state index contributed by atoms with van der Waals surface area (Å²) < 4.78 is 79.9. The molecule has 9 nitrogen and oxygen atoms in total. The molecule has 6 atom stereocenters. The van der Waals surface area contributed by atoms with Crippen molar-refractivity contribution in [1.82, 2.24) is 14.9 Å². The van der Waals surface area contributed by atoms with E-state index in [2.05, 4.69) is 9.97 Å². The Kier molecular flexibility index (Phi) is 8.78. The summed E-state index contributed by atoms with van der Waals surface area (Å²) in [6, 6.07) is 3.20. The van der Waals surface area contributed by atoms with Gasteiger partial charge in [0.2, 0.25) is 11.8 Å². The van der Waals surface area contributed by atoms with Crippen molar-refractivity contribution in [2.45, 2.75) is 103 Å². The number of hydrogen-bond acceptors (Lipinski definition) is 8. The molecular formula is C33H41F4N3O6. The maximum absolute atomic E-state index is 16.0. The van der Waals surface area contributed by atoms with Crippen LogP contribution in [0.4, 0.5) is 17.6 Å². The van der Waals surface area contributed by atoms with Gasteiger partial charge in [-0.05, 0) is 50.2 Å². The van der Waals surface area contributed by atoms with E-state index in [9.17, 15) is 14.4 Å². The number of aromatic nitrogens is 2. The normalized spacial score (nSPS) is 31.5. The molecule has 13 heteroatoms. The van der Waals surface area contributed by atoms with Crippen LogP contribution in [-0.4, -0.2) is 70.4 Å². The lowest BCUT2D eigenvalue weighted by Crippen LogP contribution is -2.46. The van der Waals surface area contributed by atoms with Gasteiger partial charge in [0.1, 0.15) is 23.7 Å². The van der Waals surface area contributed by atoms with E-state index in [4.69, 9.17) is 14.2 Å². The third kappa shape index (κ3) is 6.13. The van der Waals surface area contributed by atoms with Crippen molar-refractivity contribution in [2.24, 2.45) is 23.2 Å². The summed E-state index contributed by atoms with van der Waals surface area (Å²) in [5.74, 6) is -12.7. The number of rotatable bonds is 3. The molecule has 5 rings (SSSR count). The standard InChI is InChI=1S/C33H41F4N3O6/c1-7-20-24(17-41)40-16-25(20)45-28-27(38-22-11-10-19(44-6)13-23(22)39-28)33(36,37)32(34,35)12-8-9-18-15-31(18,5)46-26(42)14-21(29(40)43)30(2,3)4/h10-11,13,17-18,20-21,24-25H,7-9,12,14-16H2,1-6H3/t18-,20+,21-,24-,25+,31-/m1/s1. The zero-order valence-electron chi connectivity index (χ0n) is 26.9. The van der Waals surface area contributed by atoms with Crippen LogP contribution >= 0.6 is 0 Å². The number of esters is 1. The summed E-state index contributed by atoms with van der Waals surface area (Å²) >= 11 is 0. The Hall–Kier alpha value is -3.51. The third-order valence-electron chi connectivity index (χ3n) is 9.87. The second-order valence-corrected chi connectivity index (χ2v) is 14.1. The number of methoxy groups -OCH3 is 1. The molecule has 2 aromatic rings. The van der Waals surface area contributed by atoms with Crippen LogP contribution in [0.2, 0.25) is 0 Å². The first kappa shape index (κ1) is 33.8. The van der Waals surface area contributed by atoms with Crippen LogP contribution in [0, 0.1) is 23.2 Å². The van der Waals surface area contributed by atoms with Gasteiger partial charge in [-0.2, -0.15) is 17.6 Å². The van der Waals surface area contributed by atoms with Crippen molar-refractivity contribution in [3.8, 4) is 11.6 Å². The van der Waals surface area contributed by atoms with Crippen LogP contribution in [0.15, 0.2) is 18.2 Å². The Morgan fingerprint density at radius 2 is 1.85 bits per heavy atom. The highest BCUT2D eigenvalue weighted by molar-refractivity contribution is 5.87. The molecule has 0 radical (unpaired) electrons. The first-order valence-corrected chi connectivity index (χ1v) is 15.7. The average molecular weight is 652 g/mol. The predicted molar refractivity (Wildman–Crippen MR) is 159 cm³/mol. The molecule has 0 spiro atoms. The Morgan fingerprint density at radius 1 is 1.13 bits per heavy atom. The van der Waals surface area contributed by atoms with Crippen LogP contribution in [-0.2, 0) is 25.0 Å². The molecule has 1 saturated heterocycles. The lowest BCUT2D eigenvalue weighted by molar-refractivity contribution is -0.223. The average Bonchev–Trinajstić information content (AvgIpc) is 3.46. The van der Waals surface area contributed by atoms with Gasteiger partial charge in [0.05, 0.1) is 43.1 Å². The Morgan fingerprint density at radius 3 is 2.48 bits per heavy atom. The molecule has 0 N–H and O–H groups in total. The summed E-state index contributed by atoms with van der Waals surface area (Å²) in [5, 5.41) is 0. The number of fused-ring (bicyclic) bond motifs is 5. The quantitative estimate of drug-likeness (QED) is 0.223. The number of amides is 1. The molecule has 2 bridgehead atoms. The molecule has 3 aliphatic rings. The van der Waals surface area contributed by atoms with Crippen molar-refractivity contribution in [3.05, 3.63) is 23.9 Å². The topological polar surface area (TPSA) is 108 Å². The zero-order chi connectivity index (χ0) is 33.8. The second kappa shape index (κ2) is 11.9. The summed E-state index contributed by atoms with van der Waals surface area (Å²) in [7, 11) is 1.40. The van der Waals surface area contributed by atoms with E-state index in [1.165, 1.54) is 30.2 Å². The fourth-order valence-electron chi connectivity index (χ4n) is 6.81. The van der Waals surface area contributed by atoms with Crippen molar-refractivity contribution >= 4 is 29.2 Å². The molecule has 1 amide bonds. The molecule has 252 valence electrons. The van der Waals surface area contributed by atoms with Gasteiger partial charge in [0.25, 0.3) is 0 Å². The van der Waals surface area contributed by atoms with E-state index in [-0.39, 0.29) is 49.2 Å². The molecule has 46 heavy (non-hydrogen) atoms. The predicted octanol–water partition coefficient (Wildman–Crippen LogP) is 6.11. The molecular weight excluding hydrogens is 610 g/mol. The molecule has 1 aromatic heterocycles. The van der Waals surface area contributed by atoms with E-state index in [0.29, 0.717) is 18.5 Å². The summed E-state index contributed by atoms with van der Waals surface area (Å²) in [6.07, 6.45) is -1.31. The van der Waals surface area contributed by atoms with Crippen LogP contribution in [0.25, 0.3) is 11.0 Å². The number of nitrogens with zero attached hydrogens (tertiary/aromatic N) is 3. The SMILES string of the molecule is CC[C@@H]1[C@@H]2CN(C(=O)[C@H](C(C)(C)C)CC(=O)O[C@]3(C)C[C@H]3CCCC(F)(F)C(F)(F)c3nc4ccc(OC)cc4nc3O2)[C@@H]1C=O. The van der Waals surface area contributed by atoms with Crippen LogP contribution in [0.1, 0.15) is 78.8 Å². The van der Waals surface area contributed by atoms with Crippen molar-refractivity contribution < 1.29 is 46.2 Å². The van der Waals surface area contributed by atoms with Gasteiger partial charge in [-0.1, -0.05) is 27.7 Å². The number of halogens is 4. The fraction of sp³-hybridized carbons (Fsp3) is 0.667.